The van der Waals surface area contributed by atoms with Crippen LogP contribution in [0, 0.1) is 0 Å². The fourth-order valence-electron chi connectivity index (χ4n) is 3.03. The number of sulfonamides is 1. The third kappa shape index (κ3) is 3.02. The van der Waals surface area contributed by atoms with Gasteiger partial charge in [0.2, 0.25) is 10.0 Å². The summed E-state index contributed by atoms with van der Waals surface area (Å²) in [7, 11) is -3.62. The summed E-state index contributed by atoms with van der Waals surface area (Å²) < 4.78 is 27.9. The summed E-state index contributed by atoms with van der Waals surface area (Å²) in [5.74, 6) is -0.203. The zero-order chi connectivity index (χ0) is 15.7. The molecule has 0 aromatic heterocycles. The average molecular weight is 323 g/mol. The molecule has 0 aliphatic carbocycles. The quantitative estimate of drug-likeness (QED) is 0.751. The van der Waals surface area contributed by atoms with Crippen molar-refractivity contribution in [2.45, 2.75) is 43.2 Å². The molecule has 22 heavy (non-hydrogen) atoms. The third-order valence-electron chi connectivity index (χ3n) is 4.38. The van der Waals surface area contributed by atoms with Crippen molar-refractivity contribution in [1.82, 2.24) is 15.4 Å². The second-order valence-electron chi connectivity index (χ2n) is 5.94. The largest absolute Gasteiger partial charge is 0.352 e. The van der Waals surface area contributed by atoms with Crippen molar-refractivity contribution >= 4 is 15.9 Å². The van der Waals surface area contributed by atoms with Crippen LogP contribution in [0.5, 0.6) is 0 Å². The number of rotatable bonds is 3. The van der Waals surface area contributed by atoms with E-state index in [0.29, 0.717) is 12.1 Å². The summed E-state index contributed by atoms with van der Waals surface area (Å²) in [5.41, 5.74) is 1.36. The number of benzene rings is 1. The summed E-state index contributed by atoms with van der Waals surface area (Å²) in [5, 5.41) is 6.01. The van der Waals surface area contributed by atoms with Gasteiger partial charge in [-0.25, -0.2) is 13.1 Å². The molecule has 2 aliphatic rings. The van der Waals surface area contributed by atoms with Crippen LogP contribution < -0.4 is 15.4 Å². The fraction of sp³-hybridized carbons (Fsp3) is 0.533. The van der Waals surface area contributed by atoms with Crippen molar-refractivity contribution in [2.75, 3.05) is 13.1 Å². The zero-order valence-electron chi connectivity index (χ0n) is 12.6. The van der Waals surface area contributed by atoms with E-state index in [4.69, 9.17) is 0 Å². The number of hydrogen-bond acceptors (Lipinski definition) is 4. The van der Waals surface area contributed by atoms with Crippen LogP contribution >= 0.6 is 0 Å². The van der Waals surface area contributed by atoms with Gasteiger partial charge in [-0.05, 0) is 50.4 Å². The molecule has 2 atom stereocenters. The van der Waals surface area contributed by atoms with Gasteiger partial charge < -0.3 is 10.6 Å². The molecule has 3 N–H and O–H groups in total. The second kappa shape index (κ2) is 5.98. The number of amides is 1. The maximum Gasteiger partial charge on any atom is 0.251 e. The first-order valence-electron chi connectivity index (χ1n) is 7.64. The molecule has 0 saturated carbocycles. The molecular weight excluding hydrogens is 302 g/mol. The van der Waals surface area contributed by atoms with Crippen molar-refractivity contribution in [2.24, 2.45) is 0 Å². The van der Waals surface area contributed by atoms with Gasteiger partial charge in [-0.2, -0.15) is 0 Å². The molecule has 2 unspecified atom stereocenters. The lowest BCUT2D eigenvalue weighted by Gasteiger charge is -2.30. The number of carbonyl (C=O) groups is 1. The van der Waals surface area contributed by atoms with Gasteiger partial charge in [0.1, 0.15) is 0 Å². The Morgan fingerprint density at radius 2 is 2.09 bits per heavy atom. The molecule has 1 aromatic carbocycles. The van der Waals surface area contributed by atoms with E-state index in [0.717, 1.165) is 31.4 Å². The Hall–Kier alpha value is -1.44. The van der Waals surface area contributed by atoms with E-state index in [9.17, 15) is 13.2 Å². The van der Waals surface area contributed by atoms with Gasteiger partial charge in [0, 0.05) is 24.2 Å². The molecule has 6 nitrogen and oxygen atoms in total. The molecule has 1 fully saturated rings. The molecular formula is C15H21N3O3S. The van der Waals surface area contributed by atoms with E-state index in [2.05, 4.69) is 15.4 Å². The minimum absolute atomic E-state index is 0.101. The van der Waals surface area contributed by atoms with Gasteiger partial charge in [0.15, 0.2) is 0 Å². The highest BCUT2D eigenvalue weighted by Crippen LogP contribution is 2.20. The van der Waals surface area contributed by atoms with Crippen LogP contribution in [-0.2, 0) is 16.4 Å². The van der Waals surface area contributed by atoms with Gasteiger partial charge in [-0.3, -0.25) is 4.79 Å². The third-order valence-corrected chi connectivity index (χ3v) is 5.87. The minimum Gasteiger partial charge on any atom is -0.352 e. The van der Waals surface area contributed by atoms with Gasteiger partial charge in [-0.1, -0.05) is 6.07 Å². The predicted molar refractivity (Wildman–Crippen MR) is 83.3 cm³/mol. The molecule has 1 saturated heterocycles. The SMILES string of the molecule is CC1NCCCC1NS(=O)(=O)c1ccc2c(c1)C(=O)NCC2. The highest BCUT2D eigenvalue weighted by atomic mass is 32.2. The van der Waals surface area contributed by atoms with Crippen molar-refractivity contribution < 1.29 is 13.2 Å². The van der Waals surface area contributed by atoms with Gasteiger partial charge in [-0.15, -0.1) is 0 Å². The molecule has 0 spiro atoms. The average Bonchev–Trinajstić information content (AvgIpc) is 2.49. The van der Waals surface area contributed by atoms with Crippen LogP contribution in [0.15, 0.2) is 23.1 Å². The Kier molecular flexibility index (Phi) is 4.20. The lowest BCUT2D eigenvalue weighted by molar-refractivity contribution is 0.0945. The maximum atomic E-state index is 12.6. The van der Waals surface area contributed by atoms with E-state index in [-0.39, 0.29) is 22.9 Å². The van der Waals surface area contributed by atoms with Crippen molar-refractivity contribution in [3.8, 4) is 0 Å². The van der Waals surface area contributed by atoms with Crippen LogP contribution in [0.1, 0.15) is 35.7 Å². The highest BCUT2D eigenvalue weighted by Gasteiger charge is 2.27. The molecule has 7 heteroatoms. The minimum atomic E-state index is -3.62. The maximum absolute atomic E-state index is 12.6. The summed E-state index contributed by atoms with van der Waals surface area (Å²) in [6.45, 7) is 3.49. The van der Waals surface area contributed by atoms with Gasteiger partial charge in [0.25, 0.3) is 5.91 Å². The van der Waals surface area contributed by atoms with Crippen LogP contribution in [-0.4, -0.2) is 39.5 Å². The van der Waals surface area contributed by atoms with Crippen molar-refractivity contribution in [3.05, 3.63) is 29.3 Å². The predicted octanol–water partition coefficient (Wildman–Crippen LogP) is 0.391. The Labute approximate surface area is 130 Å². The van der Waals surface area contributed by atoms with Crippen LogP contribution in [0.2, 0.25) is 0 Å². The van der Waals surface area contributed by atoms with E-state index in [1.54, 1.807) is 12.1 Å². The summed E-state index contributed by atoms with van der Waals surface area (Å²) in [4.78, 5) is 12.0. The molecule has 0 bridgehead atoms. The van der Waals surface area contributed by atoms with Crippen LogP contribution in [0.25, 0.3) is 0 Å². The van der Waals surface area contributed by atoms with Crippen molar-refractivity contribution in [3.63, 3.8) is 0 Å². The Balaban J connectivity index is 1.86. The van der Waals surface area contributed by atoms with E-state index < -0.39 is 10.0 Å². The van der Waals surface area contributed by atoms with E-state index in [1.807, 2.05) is 6.92 Å². The Morgan fingerprint density at radius 3 is 2.86 bits per heavy atom. The zero-order valence-corrected chi connectivity index (χ0v) is 13.4. The smallest absolute Gasteiger partial charge is 0.251 e. The number of carbonyl (C=O) groups excluding carboxylic acids is 1. The lowest BCUT2D eigenvalue weighted by Crippen LogP contribution is -2.51. The molecule has 120 valence electrons. The number of piperidine rings is 1. The second-order valence-corrected chi connectivity index (χ2v) is 7.65. The van der Waals surface area contributed by atoms with Crippen molar-refractivity contribution in [1.29, 1.82) is 0 Å². The molecule has 0 radical (unpaired) electrons. The molecule has 1 amide bonds. The standard InChI is InChI=1S/C15H21N3O3S/c1-10-14(3-2-7-16-10)18-22(20,21)12-5-4-11-6-8-17-15(19)13(11)9-12/h4-5,9-10,14,16,18H,2-3,6-8H2,1H3,(H,17,19). The van der Waals surface area contributed by atoms with E-state index in [1.165, 1.54) is 6.07 Å². The summed E-state index contributed by atoms with van der Waals surface area (Å²) in [6, 6.07) is 4.78. The highest BCUT2D eigenvalue weighted by molar-refractivity contribution is 7.89. The topological polar surface area (TPSA) is 87.3 Å². The molecule has 3 rings (SSSR count). The number of fused-ring (bicyclic) bond motifs is 1. The summed E-state index contributed by atoms with van der Waals surface area (Å²) in [6.07, 6.45) is 2.50. The normalized spacial score (nSPS) is 25.4. The molecule has 2 heterocycles. The van der Waals surface area contributed by atoms with Gasteiger partial charge in [0.05, 0.1) is 4.90 Å². The first-order chi connectivity index (χ1) is 10.5. The number of nitrogens with one attached hydrogen (secondary N) is 3. The van der Waals surface area contributed by atoms with Crippen LogP contribution in [0.3, 0.4) is 0 Å². The fourth-order valence-corrected chi connectivity index (χ4v) is 4.41. The van der Waals surface area contributed by atoms with Crippen LogP contribution in [0.4, 0.5) is 0 Å². The summed E-state index contributed by atoms with van der Waals surface area (Å²) >= 11 is 0. The molecule has 2 aliphatic heterocycles. The number of hydrogen-bond donors (Lipinski definition) is 3. The lowest BCUT2D eigenvalue weighted by atomic mass is 10.0. The first kappa shape index (κ1) is 15.5. The Morgan fingerprint density at radius 1 is 1.27 bits per heavy atom. The monoisotopic (exact) mass is 323 g/mol. The van der Waals surface area contributed by atoms with Gasteiger partial charge >= 0.3 is 0 Å². The Bertz CT molecular complexity index is 687. The van der Waals surface area contributed by atoms with E-state index >= 15 is 0 Å². The molecule has 1 aromatic rings. The first-order valence-corrected chi connectivity index (χ1v) is 9.12.